The van der Waals surface area contributed by atoms with Gasteiger partial charge in [0, 0.05) is 16.7 Å². The maximum absolute atomic E-state index is 5.21. The number of hydrogen-bond donors (Lipinski definition) is 1. The Morgan fingerprint density at radius 3 is 2.00 bits per heavy atom. The van der Waals surface area contributed by atoms with Gasteiger partial charge in [-0.3, -0.25) is 0 Å². The summed E-state index contributed by atoms with van der Waals surface area (Å²) in [6.07, 6.45) is 0. The van der Waals surface area contributed by atoms with Crippen molar-refractivity contribution in [2.45, 2.75) is 4.83 Å². The van der Waals surface area contributed by atoms with E-state index >= 15 is 0 Å². The van der Waals surface area contributed by atoms with Gasteiger partial charge in [-0.25, -0.2) is 0 Å². The smallest absolute Gasteiger partial charge is 0.0365 e. The van der Waals surface area contributed by atoms with E-state index in [1.807, 2.05) is 0 Å². The molecular formula is C3H8Br3N. The molecule has 0 bridgehead atoms. The molecule has 0 fully saturated rings. The summed E-state index contributed by atoms with van der Waals surface area (Å²) in [5.41, 5.74) is 5.21. The van der Waals surface area contributed by atoms with Gasteiger partial charge < -0.3 is 5.73 Å². The molecule has 0 aliphatic heterocycles. The van der Waals surface area contributed by atoms with E-state index in [0.29, 0.717) is 11.4 Å². The fourth-order valence-electron chi connectivity index (χ4n) is 0.0630. The number of halogens is 3. The maximum atomic E-state index is 5.21. The monoisotopic (exact) mass is 295 g/mol. The van der Waals surface area contributed by atoms with E-state index in [1.165, 1.54) is 0 Å². The molecule has 1 unspecified atom stereocenters. The predicted molar refractivity (Wildman–Crippen MR) is 45.9 cm³/mol. The van der Waals surface area contributed by atoms with E-state index in [9.17, 15) is 0 Å². The molecule has 1 atom stereocenters. The van der Waals surface area contributed by atoms with E-state index in [4.69, 9.17) is 5.73 Å². The van der Waals surface area contributed by atoms with Gasteiger partial charge in [-0.15, -0.1) is 17.0 Å². The quantitative estimate of drug-likeness (QED) is 0.771. The van der Waals surface area contributed by atoms with Crippen molar-refractivity contribution in [3.8, 4) is 0 Å². The average Bonchev–Trinajstić information content (AvgIpc) is 1.65. The zero-order chi connectivity index (χ0) is 4.99. The van der Waals surface area contributed by atoms with Crippen LogP contribution in [0.15, 0.2) is 0 Å². The van der Waals surface area contributed by atoms with Gasteiger partial charge in [0.05, 0.1) is 0 Å². The van der Waals surface area contributed by atoms with Crippen LogP contribution < -0.4 is 5.73 Å². The van der Waals surface area contributed by atoms with Crippen molar-refractivity contribution < 1.29 is 0 Å². The molecule has 0 aromatic rings. The van der Waals surface area contributed by atoms with E-state index in [0.717, 1.165) is 5.33 Å². The highest BCUT2D eigenvalue weighted by Crippen LogP contribution is 1.98. The molecule has 1 nitrogen and oxygen atoms in total. The third kappa shape index (κ3) is 7.40. The van der Waals surface area contributed by atoms with Crippen LogP contribution in [0.2, 0.25) is 0 Å². The van der Waals surface area contributed by atoms with Crippen molar-refractivity contribution in [3.63, 3.8) is 0 Å². The zero-order valence-corrected chi connectivity index (χ0v) is 8.62. The number of rotatable bonds is 2. The van der Waals surface area contributed by atoms with Crippen LogP contribution in [0.1, 0.15) is 0 Å². The lowest BCUT2D eigenvalue weighted by Gasteiger charge is -1.95. The van der Waals surface area contributed by atoms with Crippen molar-refractivity contribution in [1.82, 2.24) is 0 Å². The third-order valence-electron chi connectivity index (χ3n) is 0.423. The van der Waals surface area contributed by atoms with Gasteiger partial charge in [0.25, 0.3) is 0 Å². The molecule has 2 N–H and O–H groups in total. The largest absolute Gasteiger partial charge is 0.329 e. The van der Waals surface area contributed by atoms with Crippen LogP contribution in [0.25, 0.3) is 0 Å². The Labute approximate surface area is 71.1 Å². The van der Waals surface area contributed by atoms with Crippen LogP contribution in [-0.2, 0) is 0 Å². The summed E-state index contributed by atoms with van der Waals surface area (Å²) in [6, 6.07) is 0. The highest BCUT2D eigenvalue weighted by Gasteiger charge is 1.92. The molecular weight excluding hydrogens is 290 g/mol. The van der Waals surface area contributed by atoms with E-state index in [-0.39, 0.29) is 17.0 Å². The summed E-state index contributed by atoms with van der Waals surface area (Å²) < 4.78 is 0. The molecule has 0 aliphatic carbocycles. The van der Waals surface area contributed by atoms with Gasteiger partial charge in [0.1, 0.15) is 0 Å². The summed E-state index contributed by atoms with van der Waals surface area (Å²) in [5, 5.41) is 0.934. The minimum absolute atomic E-state index is 0. The standard InChI is InChI=1S/C3H7Br2N.BrH/c4-1-3(5)2-6;/h3H,1-2,6H2;1H. The van der Waals surface area contributed by atoms with Gasteiger partial charge in [-0.2, -0.15) is 0 Å². The molecule has 0 aromatic carbocycles. The summed E-state index contributed by atoms with van der Waals surface area (Å²) in [5.74, 6) is 0. The SMILES string of the molecule is Br.NCC(Br)CBr. The van der Waals surface area contributed by atoms with Crippen LogP contribution in [0.5, 0.6) is 0 Å². The average molecular weight is 298 g/mol. The Morgan fingerprint density at radius 2 is 2.00 bits per heavy atom. The van der Waals surface area contributed by atoms with Crippen LogP contribution >= 0.6 is 48.8 Å². The first kappa shape index (κ1) is 11.2. The lowest BCUT2D eigenvalue weighted by molar-refractivity contribution is 0.984. The normalized spacial score (nSPS) is 12.4. The summed E-state index contributed by atoms with van der Waals surface area (Å²) in [7, 11) is 0. The summed E-state index contributed by atoms with van der Waals surface area (Å²) in [6.45, 7) is 0.700. The Balaban J connectivity index is 0. The molecule has 0 rings (SSSR count). The second-order valence-corrected chi connectivity index (χ2v) is 2.93. The van der Waals surface area contributed by atoms with Gasteiger partial charge in [-0.1, -0.05) is 31.9 Å². The first-order valence-corrected chi connectivity index (χ1v) is 3.75. The highest BCUT2D eigenvalue weighted by atomic mass is 79.9. The fourth-order valence-corrected chi connectivity index (χ4v) is 0.327. The second-order valence-electron chi connectivity index (χ2n) is 0.987. The maximum Gasteiger partial charge on any atom is 0.0365 e. The first-order chi connectivity index (χ1) is 2.81. The molecule has 0 spiro atoms. The molecule has 0 saturated carbocycles. The Morgan fingerprint density at radius 1 is 1.57 bits per heavy atom. The van der Waals surface area contributed by atoms with Crippen LogP contribution in [0.4, 0.5) is 0 Å². The number of hydrogen-bond acceptors (Lipinski definition) is 1. The van der Waals surface area contributed by atoms with Crippen molar-refractivity contribution in [2.75, 3.05) is 11.9 Å². The third-order valence-corrected chi connectivity index (χ3v) is 2.77. The zero-order valence-electron chi connectivity index (χ0n) is 3.73. The lowest BCUT2D eigenvalue weighted by Crippen LogP contribution is -2.13. The van der Waals surface area contributed by atoms with Crippen molar-refractivity contribution in [1.29, 1.82) is 0 Å². The fraction of sp³-hybridized carbons (Fsp3) is 1.00. The van der Waals surface area contributed by atoms with Crippen LogP contribution in [0.3, 0.4) is 0 Å². The van der Waals surface area contributed by atoms with E-state index < -0.39 is 0 Å². The molecule has 46 valence electrons. The Kier molecular flexibility index (Phi) is 11.9. The van der Waals surface area contributed by atoms with Crippen LogP contribution in [0, 0.1) is 0 Å². The topological polar surface area (TPSA) is 26.0 Å². The van der Waals surface area contributed by atoms with Gasteiger partial charge in [-0.05, 0) is 0 Å². The number of nitrogens with two attached hydrogens (primary N) is 1. The minimum atomic E-state index is 0. The molecule has 0 radical (unpaired) electrons. The molecule has 4 heteroatoms. The number of alkyl halides is 2. The Bertz CT molecular complexity index is 29.4. The van der Waals surface area contributed by atoms with Crippen LogP contribution in [-0.4, -0.2) is 16.7 Å². The molecule has 0 aliphatic rings. The molecule has 0 amide bonds. The second kappa shape index (κ2) is 7.40. The van der Waals surface area contributed by atoms with E-state index in [2.05, 4.69) is 31.9 Å². The molecule has 7 heavy (non-hydrogen) atoms. The van der Waals surface area contributed by atoms with Crippen molar-refractivity contribution in [2.24, 2.45) is 5.73 Å². The van der Waals surface area contributed by atoms with Gasteiger partial charge in [0.15, 0.2) is 0 Å². The van der Waals surface area contributed by atoms with E-state index in [1.54, 1.807) is 0 Å². The first-order valence-electron chi connectivity index (χ1n) is 1.71. The molecule has 0 aromatic heterocycles. The lowest BCUT2D eigenvalue weighted by atomic mass is 10.5. The molecule has 0 heterocycles. The van der Waals surface area contributed by atoms with Gasteiger partial charge in [0.2, 0.25) is 0 Å². The summed E-state index contributed by atoms with van der Waals surface area (Å²) >= 11 is 6.55. The highest BCUT2D eigenvalue weighted by molar-refractivity contribution is 9.12. The predicted octanol–water partition coefficient (Wildman–Crippen LogP) is 1.68. The van der Waals surface area contributed by atoms with Gasteiger partial charge >= 0.3 is 0 Å². The molecule has 0 saturated heterocycles. The van der Waals surface area contributed by atoms with Crippen molar-refractivity contribution in [3.05, 3.63) is 0 Å². The minimum Gasteiger partial charge on any atom is -0.329 e. The van der Waals surface area contributed by atoms with Crippen molar-refractivity contribution >= 4 is 48.8 Å². The summed E-state index contributed by atoms with van der Waals surface area (Å²) in [4.78, 5) is 0.442. The Hall–Kier alpha value is 1.40.